The Labute approximate surface area is 129 Å². The summed E-state index contributed by atoms with van der Waals surface area (Å²) < 4.78 is 19.0. The van der Waals surface area contributed by atoms with Gasteiger partial charge in [0.2, 0.25) is 0 Å². The number of nitrogens with one attached hydrogen (secondary N) is 1. The molecule has 0 bridgehead atoms. The highest BCUT2D eigenvalue weighted by atomic mass is 19.1. The van der Waals surface area contributed by atoms with Crippen molar-refractivity contribution in [2.45, 2.75) is 13.5 Å². The summed E-state index contributed by atoms with van der Waals surface area (Å²) in [5.41, 5.74) is 2.74. The van der Waals surface area contributed by atoms with Crippen LogP contribution in [0.4, 0.5) is 15.8 Å². The number of aryl methyl sites for hydroxylation is 1. The highest BCUT2D eigenvalue weighted by molar-refractivity contribution is 5.70. The lowest BCUT2D eigenvalue weighted by Crippen LogP contribution is -2.36. The second-order valence-corrected chi connectivity index (χ2v) is 5.25. The quantitative estimate of drug-likeness (QED) is 0.939. The maximum absolute atomic E-state index is 13.6. The Bertz CT molecular complexity index is 627. The maximum Gasteiger partial charge on any atom is 0.125 e. The summed E-state index contributed by atoms with van der Waals surface area (Å²) in [5, 5.41) is 3.28. The average molecular weight is 302 g/mol. The zero-order chi connectivity index (χ0) is 15.4. The normalized spacial score (nSPS) is 14.9. The first-order chi connectivity index (χ1) is 10.7. The summed E-state index contributed by atoms with van der Waals surface area (Å²) in [6.07, 6.45) is 3.56. The number of benzene rings is 1. The van der Waals surface area contributed by atoms with Crippen molar-refractivity contribution in [3.05, 3.63) is 47.8 Å². The van der Waals surface area contributed by atoms with Crippen LogP contribution in [0.25, 0.3) is 0 Å². The van der Waals surface area contributed by atoms with Gasteiger partial charge in [-0.05, 0) is 25.1 Å². The molecule has 6 heteroatoms. The zero-order valence-corrected chi connectivity index (χ0v) is 12.6. The molecule has 0 radical (unpaired) electrons. The number of halogens is 1. The SMILES string of the molecule is Cc1ncc(CNc2cc(F)ccc2N2CCOCC2)cn1. The molecular formula is C16H19FN4O. The van der Waals surface area contributed by atoms with Crippen LogP contribution in [0, 0.1) is 12.7 Å². The van der Waals surface area contributed by atoms with E-state index in [4.69, 9.17) is 4.74 Å². The minimum Gasteiger partial charge on any atom is -0.379 e. The Morgan fingerprint density at radius 1 is 1.23 bits per heavy atom. The van der Waals surface area contributed by atoms with Crippen LogP contribution in [-0.4, -0.2) is 36.3 Å². The van der Waals surface area contributed by atoms with Crippen molar-refractivity contribution in [3.8, 4) is 0 Å². The lowest BCUT2D eigenvalue weighted by molar-refractivity contribution is 0.123. The number of anilines is 2. The third-order valence-corrected chi connectivity index (χ3v) is 3.63. The molecule has 5 nitrogen and oxygen atoms in total. The van der Waals surface area contributed by atoms with E-state index in [1.54, 1.807) is 12.4 Å². The molecule has 116 valence electrons. The van der Waals surface area contributed by atoms with Crippen LogP contribution in [0.3, 0.4) is 0 Å². The molecule has 1 saturated heterocycles. The summed E-state index contributed by atoms with van der Waals surface area (Å²) in [6, 6.07) is 4.83. The van der Waals surface area contributed by atoms with Crippen molar-refractivity contribution in [2.75, 3.05) is 36.5 Å². The standard InChI is InChI=1S/C16H19FN4O/c1-12-18-9-13(10-19-12)11-20-15-8-14(17)2-3-16(15)21-4-6-22-7-5-21/h2-3,8-10,20H,4-7,11H2,1H3. The summed E-state index contributed by atoms with van der Waals surface area (Å²) in [4.78, 5) is 10.5. The maximum atomic E-state index is 13.6. The lowest BCUT2D eigenvalue weighted by Gasteiger charge is -2.30. The van der Waals surface area contributed by atoms with Gasteiger partial charge in [0.15, 0.2) is 0 Å². The smallest absolute Gasteiger partial charge is 0.125 e. The van der Waals surface area contributed by atoms with E-state index in [0.29, 0.717) is 19.8 Å². The first-order valence-corrected chi connectivity index (χ1v) is 7.36. The van der Waals surface area contributed by atoms with E-state index in [1.165, 1.54) is 12.1 Å². The molecule has 1 N–H and O–H groups in total. The van der Waals surface area contributed by atoms with Gasteiger partial charge in [-0.3, -0.25) is 0 Å². The van der Waals surface area contributed by atoms with Crippen LogP contribution in [0.5, 0.6) is 0 Å². The zero-order valence-electron chi connectivity index (χ0n) is 12.6. The summed E-state index contributed by atoms with van der Waals surface area (Å²) >= 11 is 0. The molecule has 0 aliphatic carbocycles. The molecule has 1 aliphatic rings. The number of nitrogens with zero attached hydrogens (tertiary/aromatic N) is 3. The van der Waals surface area contributed by atoms with Gasteiger partial charge < -0.3 is 15.0 Å². The van der Waals surface area contributed by atoms with Crippen molar-refractivity contribution >= 4 is 11.4 Å². The first-order valence-electron chi connectivity index (χ1n) is 7.36. The fraction of sp³-hybridized carbons (Fsp3) is 0.375. The van der Waals surface area contributed by atoms with Crippen LogP contribution < -0.4 is 10.2 Å². The molecule has 0 unspecified atom stereocenters. The van der Waals surface area contributed by atoms with Gasteiger partial charge in [-0.1, -0.05) is 0 Å². The molecule has 22 heavy (non-hydrogen) atoms. The molecule has 2 aromatic rings. The van der Waals surface area contributed by atoms with E-state index in [1.807, 2.05) is 13.0 Å². The summed E-state index contributed by atoms with van der Waals surface area (Å²) in [5.74, 6) is 0.489. The Morgan fingerprint density at radius 3 is 2.68 bits per heavy atom. The Morgan fingerprint density at radius 2 is 1.95 bits per heavy atom. The molecule has 1 aromatic heterocycles. The molecule has 0 saturated carbocycles. The molecular weight excluding hydrogens is 283 g/mol. The van der Waals surface area contributed by atoms with Gasteiger partial charge in [0.25, 0.3) is 0 Å². The first kappa shape index (κ1) is 14.7. The van der Waals surface area contributed by atoms with Crippen molar-refractivity contribution < 1.29 is 9.13 Å². The third-order valence-electron chi connectivity index (χ3n) is 3.63. The van der Waals surface area contributed by atoms with Crippen LogP contribution >= 0.6 is 0 Å². The van der Waals surface area contributed by atoms with Crippen molar-refractivity contribution in [1.29, 1.82) is 0 Å². The highest BCUT2D eigenvalue weighted by Crippen LogP contribution is 2.28. The summed E-state index contributed by atoms with van der Waals surface area (Å²) in [6.45, 7) is 5.43. The van der Waals surface area contributed by atoms with Gasteiger partial charge >= 0.3 is 0 Å². The van der Waals surface area contributed by atoms with Gasteiger partial charge in [-0.25, -0.2) is 14.4 Å². The van der Waals surface area contributed by atoms with Crippen molar-refractivity contribution in [2.24, 2.45) is 0 Å². The Hall–Kier alpha value is -2.21. The molecule has 0 spiro atoms. The van der Waals surface area contributed by atoms with Crippen LogP contribution in [0.15, 0.2) is 30.6 Å². The number of morpholine rings is 1. The van der Waals surface area contributed by atoms with Crippen molar-refractivity contribution in [3.63, 3.8) is 0 Å². The topological polar surface area (TPSA) is 50.3 Å². The minimum atomic E-state index is -0.250. The predicted molar refractivity (Wildman–Crippen MR) is 83.5 cm³/mol. The van der Waals surface area contributed by atoms with Crippen LogP contribution in [-0.2, 0) is 11.3 Å². The van der Waals surface area contributed by atoms with E-state index in [-0.39, 0.29) is 5.82 Å². The average Bonchev–Trinajstić information content (AvgIpc) is 2.55. The van der Waals surface area contributed by atoms with E-state index >= 15 is 0 Å². The van der Waals surface area contributed by atoms with Crippen LogP contribution in [0.2, 0.25) is 0 Å². The van der Waals surface area contributed by atoms with Crippen LogP contribution in [0.1, 0.15) is 11.4 Å². The van der Waals surface area contributed by atoms with E-state index < -0.39 is 0 Å². The lowest BCUT2D eigenvalue weighted by atomic mass is 10.2. The molecule has 0 atom stereocenters. The molecule has 1 aliphatic heterocycles. The minimum absolute atomic E-state index is 0.250. The molecule has 2 heterocycles. The number of rotatable bonds is 4. The van der Waals surface area contributed by atoms with Gasteiger partial charge in [0.05, 0.1) is 24.6 Å². The van der Waals surface area contributed by atoms with Gasteiger partial charge in [-0.15, -0.1) is 0 Å². The fourth-order valence-electron chi connectivity index (χ4n) is 2.44. The van der Waals surface area contributed by atoms with Gasteiger partial charge in [0, 0.05) is 37.6 Å². The van der Waals surface area contributed by atoms with Gasteiger partial charge in [0.1, 0.15) is 11.6 Å². The predicted octanol–water partition coefficient (Wildman–Crippen LogP) is 2.37. The van der Waals surface area contributed by atoms with E-state index in [9.17, 15) is 4.39 Å². The summed E-state index contributed by atoms with van der Waals surface area (Å²) in [7, 11) is 0. The second kappa shape index (κ2) is 6.70. The van der Waals surface area contributed by atoms with E-state index in [2.05, 4.69) is 20.2 Å². The monoisotopic (exact) mass is 302 g/mol. The van der Waals surface area contributed by atoms with Crippen molar-refractivity contribution in [1.82, 2.24) is 9.97 Å². The molecule has 1 aromatic carbocycles. The largest absolute Gasteiger partial charge is 0.379 e. The molecule has 3 rings (SSSR count). The van der Waals surface area contributed by atoms with Gasteiger partial charge in [-0.2, -0.15) is 0 Å². The molecule has 1 fully saturated rings. The molecule has 0 amide bonds. The fourth-order valence-corrected chi connectivity index (χ4v) is 2.44. The second-order valence-electron chi connectivity index (χ2n) is 5.25. The number of hydrogen-bond acceptors (Lipinski definition) is 5. The highest BCUT2D eigenvalue weighted by Gasteiger charge is 2.15. The Kier molecular flexibility index (Phi) is 4.48. The number of aromatic nitrogens is 2. The Balaban J connectivity index is 1.76. The number of ether oxygens (including phenoxy) is 1. The van der Waals surface area contributed by atoms with E-state index in [0.717, 1.165) is 35.9 Å². The number of hydrogen-bond donors (Lipinski definition) is 1. The third kappa shape index (κ3) is 3.51.